The van der Waals surface area contributed by atoms with Crippen molar-refractivity contribution < 1.29 is 34.5 Å². The molecule has 1 aromatic carbocycles. The zero-order valence-corrected chi connectivity index (χ0v) is 11.9. The van der Waals surface area contributed by atoms with Crippen LogP contribution in [0.15, 0.2) is 12.1 Å². The van der Waals surface area contributed by atoms with Crippen LogP contribution in [0.25, 0.3) is 0 Å². The van der Waals surface area contributed by atoms with Crippen molar-refractivity contribution in [2.45, 2.75) is 26.3 Å². The van der Waals surface area contributed by atoms with Gasteiger partial charge >= 0.3 is 5.97 Å². The van der Waals surface area contributed by atoms with Crippen LogP contribution in [0.4, 0.5) is 0 Å². The molecule has 0 aliphatic rings. The highest BCUT2D eigenvalue weighted by Crippen LogP contribution is 2.32. The molecule has 0 heterocycles. The van der Waals surface area contributed by atoms with E-state index in [9.17, 15) is 34.5 Å². The number of phenols is 2. The van der Waals surface area contributed by atoms with Gasteiger partial charge in [0.05, 0.1) is 5.56 Å². The molecule has 0 saturated carbocycles. The number of amides is 2. The predicted molar refractivity (Wildman–Crippen MR) is 73.5 cm³/mol. The van der Waals surface area contributed by atoms with Crippen LogP contribution in [-0.4, -0.2) is 50.3 Å². The number of rotatable bonds is 6. The summed E-state index contributed by atoms with van der Waals surface area (Å²) in [7, 11) is 0. The van der Waals surface area contributed by atoms with E-state index in [1.165, 1.54) is 6.07 Å². The average molecular weight is 309 g/mol. The topological polar surface area (TPSA) is 132 Å². The van der Waals surface area contributed by atoms with Crippen LogP contribution >= 0.6 is 0 Å². The van der Waals surface area contributed by atoms with E-state index in [1.807, 2.05) is 0 Å². The van der Waals surface area contributed by atoms with Gasteiger partial charge in [-0.05, 0) is 18.6 Å². The number of phenolic OH excluding ortho intramolecular Hbond substituents is 2. The number of imide groups is 1. The second-order valence-corrected chi connectivity index (χ2v) is 4.61. The minimum atomic E-state index is -1.53. The number of hydrogen-bond acceptors (Lipinski definition) is 6. The Morgan fingerprint density at radius 3 is 2.23 bits per heavy atom. The lowest BCUT2D eigenvalue weighted by Gasteiger charge is -2.23. The summed E-state index contributed by atoms with van der Waals surface area (Å²) in [5, 5.41) is 28.3. The summed E-state index contributed by atoms with van der Waals surface area (Å²) in [6.45, 7) is 2.17. The molecule has 0 saturated heterocycles. The number of carbonyl (C=O) groups is 4. The molecule has 0 fully saturated rings. The van der Waals surface area contributed by atoms with Crippen LogP contribution in [0, 0.1) is 0 Å². The summed E-state index contributed by atoms with van der Waals surface area (Å²) < 4.78 is 0. The van der Waals surface area contributed by atoms with E-state index >= 15 is 0 Å². The largest absolute Gasteiger partial charge is 0.504 e. The molecule has 1 atom stereocenters. The van der Waals surface area contributed by atoms with Gasteiger partial charge in [-0.3, -0.25) is 19.3 Å². The Labute approximate surface area is 125 Å². The summed E-state index contributed by atoms with van der Waals surface area (Å²) in [6.07, 6.45) is -0.286. The highest BCUT2D eigenvalue weighted by atomic mass is 16.4. The third-order valence-corrected chi connectivity index (χ3v) is 3.11. The van der Waals surface area contributed by atoms with E-state index < -0.39 is 35.2 Å². The molecular weight excluding hydrogens is 294 g/mol. The van der Waals surface area contributed by atoms with Crippen molar-refractivity contribution >= 4 is 24.1 Å². The summed E-state index contributed by atoms with van der Waals surface area (Å²) in [4.78, 5) is 45.6. The van der Waals surface area contributed by atoms with Gasteiger partial charge in [-0.2, -0.15) is 0 Å². The molecule has 0 aromatic heterocycles. The lowest BCUT2D eigenvalue weighted by Crippen LogP contribution is -2.44. The minimum Gasteiger partial charge on any atom is -0.504 e. The maximum Gasteiger partial charge on any atom is 0.327 e. The molecule has 22 heavy (non-hydrogen) atoms. The van der Waals surface area contributed by atoms with Gasteiger partial charge < -0.3 is 15.3 Å². The van der Waals surface area contributed by atoms with Crippen molar-refractivity contribution in [2.75, 3.05) is 0 Å². The number of ketones is 1. The highest BCUT2D eigenvalue weighted by molar-refractivity contribution is 5.99. The van der Waals surface area contributed by atoms with Crippen molar-refractivity contribution in [3.05, 3.63) is 23.3 Å². The summed E-state index contributed by atoms with van der Waals surface area (Å²) in [6, 6.07) is 0.817. The van der Waals surface area contributed by atoms with Crippen LogP contribution in [0.1, 0.15) is 29.8 Å². The first-order chi connectivity index (χ1) is 10.2. The lowest BCUT2D eigenvalue weighted by atomic mass is 9.96. The Morgan fingerprint density at radius 1 is 1.23 bits per heavy atom. The molecule has 8 heteroatoms. The van der Waals surface area contributed by atoms with Crippen molar-refractivity contribution in [1.29, 1.82) is 0 Å². The molecule has 1 rings (SSSR count). The highest BCUT2D eigenvalue weighted by Gasteiger charge is 2.30. The number of aromatic hydroxyl groups is 2. The van der Waals surface area contributed by atoms with E-state index in [1.54, 1.807) is 0 Å². The van der Waals surface area contributed by atoms with Crippen LogP contribution < -0.4 is 0 Å². The van der Waals surface area contributed by atoms with Crippen LogP contribution in [-0.2, 0) is 20.8 Å². The van der Waals surface area contributed by atoms with Crippen LogP contribution in [0.3, 0.4) is 0 Å². The number of nitrogens with zero attached hydrogens (tertiary/aromatic N) is 1. The Hall–Kier alpha value is -2.90. The molecule has 0 radical (unpaired) electrons. The second-order valence-electron chi connectivity index (χ2n) is 4.61. The van der Waals surface area contributed by atoms with Crippen molar-refractivity contribution in [2.24, 2.45) is 0 Å². The van der Waals surface area contributed by atoms with Gasteiger partial charge in [-0.1, -0.05) is 6.07 Å². The zero-order chi connectivity index (χ0) is 17.0. The van der Waals surface area contributed by atoms with E-state index in [2.05, 4.69) is 0 Å². The fourth-order valence-corrected chi connectivity index (χ4v) is 2.06. The van der Waals surface area contributed by atoms with Gasteiger partial charge in [0.25, 0.3) is 0 Å². The van der Waals surface area contributed by atoms with Gasteiger partial charge in [0.1, 0.15) is 6.04 Å². The van der Waals surface area contributed by atoms with Gasteiger partial charge in [0.2, 0.25) is 12.3 Å². The summed E-state index contributed by atoms with van der Waals surface area (Å²) >= 11 is 0. The van der Waals surface area contributed by atoms with E-state index in [-0.39, 0.29) is 24.0 Å². The molecule has 0 bridgehead atoms. The summed E-state index contributed by atoms with van der Waals surface area (Å²) in [5.41, 5.74) is -0.149. The number of carbonyl (C=O) groups excluding carboxylic acids is 3. The smallest absolute Gasteiger partial charge is 0.327 e. The fraction of sp³-hybridized carbons (Fsp3) is 0.286. The fourth-order valence-electron chi connectivity index (χ4n) is 2.06. The molecule has 1 unspecified atom stereocenters. The van der Waals surface area contributed by atoms with Crippen molar-refractivity contribution in [3.63, 3.8) is 0 Å². The third-order valence-electron chi connectivity index (χ3n) is 3.11. The number of benzene rings is 1. The van der Waals surface area contributed by atoms with Crippen LogP contribution in [0.2, 0.25) is 0 Å². The zero-order valence-electron chi connectivity index (χ0n) is 11.9. The van der Waals surface area contributed by atoms with E-state index in [0.717, 1.165) is 19.9 Å². The molecule has 0 aliphatic carbocycles. The average Bonchev–Trinajstić information content (AvgIpc) is 2.41. The number of carboxylic acid groups (broad SMARTS) is 1. The monoisotopic (exact) mass is 309 g/mol. The molecular formula is C14H15NO7. The van der Waals surface area contributed by atoms with Crippen LogP contribution in [0.5, 0.6) is 11.5 Å². The van der Waals surface area contributed by atoms with Gasteiger partial charge in [-0.15, -0.1) is 0 Å². The first kappa shape index (κ1) is 17.2. The molecule has 0 aliphatic heterocycles. The maximum atomic E-state index is 11.6. The Balaban J connectivity index is 3.34. The van der Waals surface area contributed by atoms with Crippen molar-refractivity contribution in [3.8, 4) is 11.5 Å². The summed E-state index contributed by atoms with van der Waals surface area (Å²) in [5.74, 6) is -4.00. The lowest BCUT2D eigenvalue weighted by molar-refractivity contribution is -0.152. The van der Waals surface area contributed by atoms with Crippen molar-refractivity contribution in [1.82, 2.24) is 4.90 Å². The molecule has 2 amide bonds. The standard InChI is InChI=1S/C14H15NO7/c1-7(17)12-9(3-4-11(19)13(12)20)5-10(14(21)22)15(6-16)8(2)18/h3-4,6,10,19-20H,5H2,1-2H3,(H,21,22). The van der Waals surface area contributed by atoms with Gasteiger partial charge in [-0.25, -0.2) is 4.79 Å². The third kappa shape index (κ3) is 3.40. The molecule has 118 valence electrons. The Morgan fingerprint density at radius 2 is 1.82 bits per heavy atom. The van der Waals surface area contributed by atoms with Gasteiger partial charge in [0.15, 0.2) is 17.3 Å². The normalized spacial score (nSPS) is 11.5. The SMILES string of the molecule is CC(=O)c1c(CC(C(=O)O)N(C=O)C(C)=O)ccc(O)c1O. The Kier molecular flexibility index (Phi) is 5.23. The number of aliphatic carboxylic acids is 1. The predicted octanol–water partition coefficient (Wildman–Crippen LogP) is 0.301. The molecule has 3 N–H and O–H groups in total. The maximum absolute atomic E-state index is 11.6. The first-order valence-corrected chi connectivity index (χ1v) is 6.22. The number of carboxylic acids is 1. The molecule has 8 nitrogen and oxygen atoms in total. The van der Waals surface area contributed by atoms with Gasteiger partial charge in [0, 0.05) is 13.3 Å². The van der Waals surface area contributed by atoms with E-state index in [4.69, 9.17) is 0 Å². The first-order valence-electron chi connectivity index (χ1n) is 6.22. The second kappa shape index (κ2) is 6.70. The minimum absolute atomic E-state index is 0.0921. The molecule has 0 spiro atoms. The molecule has 1 aromatic rings. The van der Waals surface area contributed by atoms with E-state index in [0.29, 0.717) is 4.90 Å². The number of hydrogen-bond donors (Lipinski definition) is 3. The number of Topliss-reactive ketones (excluding diaryl/α,β-unsaturated/α-hetero) is 1. The Bertz CT molecular complexity index is 638. The quantitative estimate of drug-likeness (QED) is 0.391.